The third kappa shape index (κ3) is 2.22. The second-order valence-corrected chi connectivity index (χ2v) is 5.27. The molecule has 0 bridgehead atoms. The summed E-state index contributed by atoms with van der Waals surface area (Å²) in [6.07, 6.45) is 6.39. The van der Waals surface area contributed by atoms with Crippen molar-refractivity contribution in [1.29, 1.82) is 0 Å². The van der Waals surface area contributed by atoms with Crippen LogP contribution < -0.4 is 4.74 Å². The Labute approximate surface area is 130 Å². The molecule has 114 valence electrons. The van der Waals surface area contributed by atoms with Gasteiger partial charge >= 0.3 is 0 Å². The van der Waals surface area contributed by atoms with E-state index in [4.69, 9.17) is 9.72 Å². The average molecular weight is 296 g/mol. The lowest BCUT2D eigenvalue weighted by Crippen LogP contribution is -2.03. The first kappa shape index (κ1) is 14.5. The van der Waals surface area contributed by atoms with Crippen molar-refractivity contribution in [2.75, 3.05) is 7.11 Å². The van der Waals surface area contributed by atoms with Gasteiger partial charge in [0.05, 0.1) is 24.4 Å². The molecule has 0 unspecified atom stereocenters. The molecule has 3 aromatic rings. The van der Waals surface area contributed by atoms with Crippen LogP contribution in [0.4, 0.5) is 0 Å². The third-order valence-corrected chi connectivity index (χ3v) is 3.81. The van der Waals surface area contributed by atoms with Gasteiger partial charge in [-0.05, 0) is 31.9 Å². The highest BCUT2D eigenvalue weighted by atomic mass is 16.5. The lowest BCUT2D eigenvalue weighted by molar-refractivity contribution is 0.410. The Kier molecular flexibility index (Phi) is 3.79. The molecule has 0 aliphatic heterocycles. The summed E-state index contributed by atoms with van der Waals surface area (Å²) in [6.45, 7) is 6.98. The van der Waals surface area contributed by atoms with Gasteiger partial charge in [-0.2, -0.15) is 5.10 Å². The Balaban J connectivity index is 2.41. The average Bonchev–Trinajstić information content (AvgIpc) is 2.95. The maximum Gasteiger partial charge on any atom is 0.158 e. The fourth-order valence-electron chi connectivity index (χ4n) is 2.79. The number of methoxy groups -OCH3 is 1. The van der Waals surface area contributed by atoms with E-state index in [0.717, 1.165) is 52.1 Å². The first-order valence-corrected chi connectivity index (χ1v) is 7.54. The number of hydrogen-bond donors (Lipinski definition) is 0. The van der Waals surface area contributed by atoms with Crippen molar-refractivity contribution < 1.29 is 4.74 Å². The fourth-order valence-corrected chi connectivity index (χ4v) is 2.79. The van der Waals surface area contributed by atoms with Crippen molar-refractivity contribution in [2.24, 2.45) is 0 Å². The molecule has 0 radical (unpaired) electrons. The van der Waals surface area contributed by atoms with E-state index in [2.05, 4.69) is 30.0 Å². The third-order valence-electron chi connectivity index (χ3n) is 3.81. The lowest BCUT2D eigenvalue weighted by atomic mass is 10.0. The minimum atomic E-state index is 0.789. The van der Waals surface area contributed by atoms with E-state index in [1.165, 1.54) is 0 Å². The van der Waals surface area contributed by atoms with Crippen LogP contribution in [0.5, 0.6) is 5.75 Å². The van der Waals surface area contributed by atoms with Crippen LogP contribution in [0.2, 0.25) is 0 Å². The van der Waals surface area contributed by atoms with Crippen LogP contribution in [0.25, 0.3) is 22.2 Å². The highest BCUT2D eigenvalue weighted by Gasteiger charge is 2.19. The molecule has 0 saturated carbocycles. The summed E-state index contributed by atoms with van der Waals surface area (Å²) < 4.78 is 7.60. The van der Waals surface area contributed by atoms with Gasteiger partial charge in [-0.25, -0.2) is 9.67 Å². The molecule has 0 atom stereocenters. The van der Waals surface area contributed by atoms with E-state index in [-0.39, 0.29) is 0 Å². The zero-order valence-electron chi connectivity index (χ0n) is 13.4. The first-order chi connectivity index (χ1) is 10.7. The number of pyridine rings is 2. The van der Waals surface area contributed by atoms with Crippen LogP contribution in [-0.2, 0) is 13.0 Å². The maximum absolute atomic E-state index is 5.69. The molecule has 0 N–H and O–H groups in total. The summed E-state index contributed by atoms with van der Waals surface area (Å²) in [5.41, 5.74) is 5.03. The number of aryl methyl sites for hydroxylation is 3. The van der Waals surface area contributed by atoms with Crippen molar-refractivity contribution in [1.82, 2.24) is 19.7 Å². The van der Waals surface area contributed by atoms with Crippen LogP contribution >= 0.6 is 0 Å². The number of fused-ring (bicyclic) bond motifs is 1. The van der Waals surface area contributed by atoms with Gasteiger partial charge in [0.2, 0.25) is 0 Å². The molecular formula is C17H20N4O. The van der Waals surface area contributed by atoms with Gasteiger partial charge in [-0.3, -0.25) is 4.98 Å². The number of ether oxygens (including phenoxy) is 1. The highest BCUT2D eigenvalue weighted by Crippen LogP contribution is 2.38. The quantitative estimate of drug-likeness (QED) is 0.740. The fraction of sp³-hybridized carbons (Fsp3) is 0.353. The molecular weight excluding hydrogens is 276 g/mol. The van der Waals surface area contributed by atoms with E-state index >= 15 is 0 Å². The molecule has 0 saturated heterocycles. The van der Waals surface area contributed by atoms with Crippen LogP contribution in [0.15, 0.2) is 24.7 Å². The zero-order chi connectivity index (χ0) is 15.7. The predicted molar refractivity (Wildman–Crippen MR) is 87.1 cm³/mol. The van der Waals surface area contributed by atoms with E-state index in [1.54, 1.807) is 7.11 Å². The van der Waals surface area contributed by atoms with Gasteiger partial charge in [-0.15, -0.1) is 0 Å². The van der Waals surface area contributed by atoms with Crippen molar-refractivity contribution >= 4 is 11.0 Å². The Bertz CT molecular complexity index is 823. The summed E-state index contributed by atoms with van der Waals surface area (Å²) in [5, 5.41) is 5.45. The van der Waals surface area contributed by atoms with Crippen molar-refractivity contribution in [3.05, 3.63) is 35.9 Å². The molecule has 0 aliphatic carbocycles. The first-order valence-electron chi connectivity index (χ1n) is 7.54. The standard InChI is InChI=1S/C17H20N4O/c1-5-14-16(22-4)15(12-7-11(3)8-18-9-12)13-10-19-21(6-2)17(13)20-14/h7-10H,5-6H2,1-4H3. The lowest BCUT2D eigenvalue weighted by Gasteiger charge is -2.14. The minimum absolute atomic E-state index is 0.789. The molecule has 0 spiro atoms. The molecule has 0 fully saturated rings. The van der Waals surface area contributed by atoms with Gasteiger partial charge in [0.25, 0.3) is 0 Å². The molecule has 3 heterocycles. The maximum atomic E-state index is 5.69. The van der Waals surface area contributed by atoms with E-state index in [9.17, 15) is 0 Å². The normalized spacial score (nSPS) is 11.1. The van der Waals surface area contributed by atoms with E-state index < -0.39 is 0 Å². The molecule has 3 aromatic heterocycles. The molecule has 0 aromatic carbocycles. The number of rotatable bonds is 4. The van der Waals surface area contributed by atoms with Crippen LogP contribution in [0, 0.1) is 6.92 Å². The SMILES string of the molecule is CCc1nc2c(cnn2CC)c(-c2cncc(C)c2)c1OC. The van der Waals surface area contributed by atoms with Crippen molar-refractivity contribution in [3.63, 3.8) is 0 Å². The monoisotopic (exact) mass is 296 g/mol. The molecule has 0 aliphatic rings. The Morgan fingerprint density at radius 2 is 2.00 bits per heavy atom. The zero-order valence-corrected chi connectivity index (χ0v) is 13.4. The summed E-state index contributed by atoms with van der Waals surface area (Å²) in [7, 11) is 1.69. The molecule has 0 amide bonds. The molecule has 22 heavy (non-hydrogen) atoms. The van der Waals surface area contributed by atoms with Gasteiger partial charge in [0.15, 0.2) is 5.65 Å². The van der Waals surface area contributed by atoms with Crippen LogP contribution in [0.1, 0.15) is 25.1 Å². The van der Waals surface area contributed by atoms with Gasteiger partial charge < -0.3 is 4.74 Å². The topological polar surface area (TPSA) is 52.8 Å². The predicted octanol–water partition coefficient (Wildman–Crippen LogP) is 3.39. The van der Waals surface area contributed by atoms with Crippen molar-refractivity contribution in [2.45, 2.75) is 33.7 Å². The van der Waals surface area contributed by atoms with Crippen molar-refractivity contribution in [3.8, 4) is 16.9 Å². The van der Waals surface area contributed by atoms with Gasteiger partial charge in [-0.1, -0.05) is 6.92 Å². The molecule has 5 heteroatoms. The Morgan fingerprint density at radius 3 is 2.64 bits per heavy atom. The number of aromatic nitrogens is 4. The Hall–Kier alpha value is -2.43. The highest BCUT2D eigenvalue weighted by molar-refractivity contribution is 5.96. The van der Waals surface area contributed by atoms with Gasteiger partial charge in [0, 0.05) is 30.1 Å². The van der Waals surface area contributed by atoms with E-state index in [1.807, 2.05) is 30.2 Å². The van der Waals surface area contributed by atoms with Crippen LogP contribution in [0.3, 0.4) is 0 Å². The smallest absolute Gasteiger partial charge is 0.158 e. The number of nitrogens with zero attached hydrogens (tertiary/aromatic N) is 4. The van der Waals surface area contributed by atoms with Crippen LogP contribution in [-0.4, -0.2) is 26.9 Å². The second-order valence-electron chi connectivity index (χ2n) is 5.27. The Morgan fingerprint density at radius 1 is 1.18 bits per heavy atom. The van der Waals surface area contributed by atoms with E-state index in [0.29, 0.717) is 0 Å². The summed E-state index contributed by atoms with van der Waals surface area (Å²) in [5.74, 6) is 0.818. The second kappa shape index (κ2) is 5.75. The largest absolute Gasteiger partial charge is 0.494 e. The van der Waals surface area contributed by atoms with Gasteiger partial charge in [0.1, 0.15) is 5.75 Å². The summed E-state index contributed by atoms with van der Waals surface area (Å²) in [4.78, 5) is 9.08. The summed E-state index contributed by atoms with van der Waals surface area (Å²) >= 11 is 0. The number of hydrogen-bond acceptors (Lipinski definition) is 4. The summed E-state index contributed by atoms with van der Waals surface area (Å²) in [6, 6.07) is 2.12. The molecule has 3 rings (SSSR count). The minimum Gasteiger partial charge on any atom is -0.494 e. The molecule has 5 nitrogen and oxygen atoms in total.